The zero-order valence-electron chi connectivity index (χ0n) is 12.6. The van der Waals surface area contributed by atoms with Crippen molar-refractivity contribution in [3.8, 4) is 10.6 Å². The largest absolute Gasteiger partial charge is 0.459 e. The average Bonchev–Trinajstić information content (AvgIpc) is 3.25. The second kappa shape index (κ2) is 6.52. The van der Waals surface area contributed by atoms with Crippen LogP contribution < -0.4 is 5.32 Å². The summed E-state index contributed by atoms with van der Waals surface area (Å²) in [7, 11) is 0. The van der Waals surface area contributed by atoms with Gasteiger partial charge in [-0.25, -0.2) is 4.98 Å². The zero-order chi connectivity index (χ0) is 17.4. The fraction of sp³-hybridized carbons (Fsp3) is 0. The number of fused-ring (bicyclic) bond motifs is 1. The molecule has 4 aromatic rings. The molecule has 0 aliphatic heterocycles. The Kier molecular flexibility index (Phi) is 4.21. The van der Waals surface area contributed by atoms with Crippen LogP contribution in [0, 0.1) is 0 Å². The van der Waals surface area contributed by atoms with Gasteiger partial charge in [-0.1, -0.05) is 35.3 Å². The van der Waals surface area contributed by atoms with E-state index in [-0.39, 0.29) is 5.76 Å². The molecular weight excluding hydrogens is 379 g/mol. The van der Waals surface area contributed by atoms with Crippen LogP contribution in [-0.4, -0.2) is 10.9 Å². The molecule has 0 atom stereocenters. The molecule has 1 amide bonds. The fourth-order valence-corrected chi connectivity index (χ4v) is 3.97. The summed E-state index contributed by atoms with van der Waals surface area (Å²) in [5.74, 6) is -0.196. The van der Waals surface area contributed by atoms with Gasteiger partial charge in [-0.2, -0.15) is 0 Å². The van der Waals surface area contributed by atoms with E-state index >= 15 is 0 Å². The molecule has 0 aliphatic rings. The highest BCUT2D eigenvalue weighted by Gasteiger charge is 2.18. The lowest BCUT2D eigenvalue weighted by atomic mass is 10.1. The van der Waals surface area contributed by atoms with Gasteiger partial charge in [0, 0.05) is 10.6 Å². The number of hydrogen-bond acceptors (Lipinski definition) is 4. The van der Waals surface area contributed by atoms with Crippen molar-refractivity contribution in [1.29, 1.82) is 0 Å². The normalized spacial score (nSPS) is 11.0. The molecule has 0 spiro atoms. The number of nitrogens with one attached hydrogen (secondary N) is 1. The second-order valence-corrected chi connectivity index (χ2v) is 7.10. The van der Waals surface area contributed by atoms with Crippen LogP contribution in [0.3, 0.4) is 0 Å². The smallest absolute Gasteiger partial charge is 0.291 e. The number of nitrogens with zero attached hydrogens (tertiary/aromatic N) is 1. The first-order chi connectivity index (χ1) is 12.1. The predicted octanol–water partition coefficient (Wildman–Crippen LogP) is 6.12. The van der Waals surface area contributed by atoms with Gasteiger partial charge in [0.25, 0.3) is 5.91 Å². The molecule has 7 heteroatoms. The molecule has 0 bridgehead atoms. The highest BCUT2D eigenvalue weighted by atomic mass is 35.5. The summed E-state index contributed by atoms with van der Waals surface area (Å²) in [4.78, 5) is 17.0. The molecule has 0 radical (unpaired) electrons. The van der Waals surface area contributed by atoms with E-state index in [4.69, 9.17) is 27.6 Å². The number of para-hydroxylation sites is 1. The quantitative estimate of drug-likeness (QED) is 0.460. The number of benzene rings is 2. The van der Waals surface area contributed by atoms with E-state index < -0.39 is 5.91 Å². The van der Waals surface area contributed by atoms with Crippen molar-refractivity contribution in [3.05, 3.63) is 70.6 Å². The Morgan fingerprint density at radius 3 is 2.72 bits per heavy atom. The molecule has 4 rings (SSSR count). The maximum absolute atomic E-state index is 12.4. The Morgan fingerprint density at radius 2 is 1.96 bits per heavy atom. The van der Waals surface area contributed by atoms with Crippen LogP contribution in [0.1, 0.15) is 10.6 Å². The average molecular weight is 389 g/mol. The lowest BCUT2D eigenvalue weighted by Crippen LogP contribution is -2.12. The third-order valence-corrected chi connectivity index (χ3v) is 5.15. The standard InChI is InChI=1S/C18H10Cl2N2O2S/c19-10-8-11(18-21-13-4-1-2-6-15(13)25-18)16(12(20)9-10)22-17(23)14-5-3-7-24-14/h1-9H,(H,22,23). The lowest BCUT2D eigenvalue weighted by Gasteiger charge is -2.11. The second-order valence-electron chi connectivity index (χ2n) is 5.23. The Morgan fingerprint density at radius 1 is 1.12 bits per heavy atom. The van der Waals surface area contributed by atoms with Crippen LogP contribution in [-0.2, 0) is 0 Å². The van der Waals surface area contributed by atoms with Crippen molar-refractivity contribution in [1.82, 2.24) is 4.98 Å². The molecular formula is C18H10Cl2N2O2S. The molecule has 0 aliphatic carbocycles. The van der Waals surface area contributed by atoms with E-state index in [0.717, 1.165) is 15.2 Å². The SMILES string of the molecule is O=C(Nc1c(Cl)cc(Cl)cc1-c1nc2ccccc2s1)c1ccco1. The molecule has 124 valence electrons. The Bertz CT molecular complexity index is 1040. The highest BCUT2D eigenvalue weighted by molar-refractivity contribution is 7.21. The number of carbonyl (C=O) groups excluding carboxylic acids is 1. The Balaban J connectivity index is 1.82. The molecule has 2 aromatic heterocycles. The van der Waals surface area contributed by atoms with Crippen molar-refractivity contribution in [2.24, 2.45) is 0 Å². The van der Waals surface area contributed by atoms with E-state index in [1.54, 1.807) is 24.3 Å². The van der Waals surface area contributed by atoms with Gasteiger partial charge in [0.15, 0.2) is 5.76 Å². The van der Waals surface area contributed by atoms with Crippen LogP contribution in [0.15, 0.2) is 59.2 Å². The van der Waals surface area contributed by atoms with Gasteiger partial charge in [0.05, 0.1) is 27.2 Å². The number of carbonyl (C=O) groups is 1. The van der Waals surface area contributed by atoms with E-state index in [0.29, 0.717) is 21.3 Å². The van der Waals surface area contributed by atoms with Crippen LogP contribution in [0.25, 0.3) is 20.8 Å². The summed E-state index contributed by atoms with van der Waals surface area (Å²) in [6, 6.07) is 14.3. The lowest BCUT2D eigenvalue weighted by molar-refractivity contribution is 0.0996. The highest BCUT2D eigenvalue weighted by Crippen LogP contribution is 2.40. The zero-order valence-corrected chi connectivity index (χ0v) is 15.0. The van der Waals surface area contributed by atoms with Crippen molar-refractivity contribution >= 4 is 56.3 Å². The molecule has 1 N–H and O–H groups in total. The fourth-order valence-electron chi connectivity index (χ4n) is 2.44. The summed E-state index contributed by atoms with van der Waals surface area (Å²) in [6.45, 7) is 0. The van der Waals surface area contributed by atoms with E-state index in [9.17, 15) is 4.79 Å². The molecule has 0 saturated heterocycles. The number of thiazole rings is 1. The van der Waals surface area contributed by atoms with E-state index in [1.807, 2.05) is 24.3 Å². The number of anilines is 1. The van der Waals surface area contributed by atoms with Gasteiger partial charge in [-0.05, 0) is 36.4 Å². The van der Waals surface area contributed by atoms with Crippen LogP contribution >= 0.6 is 34.5 Å². The Labute approximate surface area is 157 Å². The number of aromatic nitrogens is 1. The first kappa shape index (κ1) is 16.1. The van der Waals surface area contributed by atoms with Crippen molar-refractivity contribution in [3.63, 3.8) is 0 Å². The number of amides is 1. The molecule has 2 aromatic carbocycles. The topological polar surface area (TPSA) is 55.1 Å². The number of hydrogen-bond donors (Lipinski definition) is 1. The van der Waals surface area contributed by atoms with Crippen molar-refractivity contribution in [2.75, 3.05) is 5.32 Å². The predicted molar refractivity (Wildman–Crippen MR) is 102 cm³/mol. The monoisotopic (exact) mass is 388 g/mol. The van der Waals surface area contributed by atoms with Crippen LogP contribution in [0.2, 0.25) is 10.0 Å². The van der Waals surface area contributed by atoms with Crippen LogP contribution in [0.5, 0.6) is 0 Å². The summed E-state index contributed by atoms with van der Waals surface area (Å²) in [5.41, 5.74) is 1.99. The molecule has 4 nitrogen and oxygen atoms in total. The minimum Gasteiger partial charge on any atom is -0.459 e. The summed E-state index contributed by atoms with van der Waals surface area (Å²) in [5, 5.41) is 4.32. The summed E-state index contributed by atoms with van der Waals surface area (Å²) >= 11 is 14.0. The van der Waals surface area contributed by atoms with E-state index in [2.05, 4.69) is 10.3 Å². The third kappa shape index (κ3) is 3.14. The maximum Gasteiger partial charge on any atom is 0.291 e. The number of furan rings is 1. The molecule has 0 unspecified atom stereocenters. The van der Waals surface area contributed by atoms with Gasteiger partial charge in [0.1, 0.15) is 5.01 Å². The summed E-state index contributed by atoms with van der Waals surface area (Å²) in [6.07, 6.45) is 1.44. The van der Waals surface area contributed by atoms with Gasteiger partial charge >= 0.3 is 0 Å². The minimum atomic E-state index is -0.392. The van der Waals surface area contributed by atoms with Gasteiger partial charge in [-0.15, -0.1) is 11.3 Å². The first-order valence-electron chi connectivity index (χ1n) is 7.31. The van der Waals surface area contributed by atoms with Crippen LogP contribution in [0.4, 0.5) is 5.69 Å². The first-order valence-corrected chi connectivity index (χ1v) is 8.89. The Hall–Kier alpha value is -2.34. The van der Waals surface area contributed by atoms with Gasteiger partial charge in [-0.3, -0.25) is 4.79 Å². The number of rotatable bonds is 3. The third-order valence-electron chi connectivity index (χ3n) is 3.56. The molecule has 0 saturated carbocycles. The van der Waals surface area contributed by atoms with Crippen molar-refractivity contribution in [2.45, 2.75) is 0 Å². The van der Waals surface area contributed by atoms with Crippen molar-refractivity contribution < 1.29 is 9.21 Å². The van der Waals surface area contributed by atoms with Gasteiger partial charge < -0.3 is 9.73 Å². The summed E-state index contributed by atoms with van der Waals surface area (Å²) < 4.78 is 6.17. The van der Waals surface area contributed by atoms with E-state index in [1.165, 1.54) is 17.6 Å². The molecule has 0 fully saturated rings. The molecule has 25 heavy (non-hydrogen) atoms. The molecule has 2 heterocycles. The number of halogens is 2. The van der Waals surface area contributed by atoms with Gasteiger partial charge in [0.2, 0.25) is 0 Å². The minimum absolute atomic E-state index is 0.196. The maximum atomic E-state index is 12.4.